The number of hydrogen-bond acceptors (Lipinski definition) is 5. The highest BCUT2D eigenvalue weighted by Gasteiger charge is 2.14. The second-order valence-corrected chi connectivity index (χ2v) is 4.13. The molecule has 2 rings (SSSR count). The average Bonchev–Trinajstić information content (AvgIpc) is 2.84. The summed E-state index contributed by atoms with van der Waals surface area (Å²) < 4.78 is 3.83. The van der Waals surface area contributed by atoms with Gasteiger partial charge in [-0.2, -0.15) is 0 Å². The van der Waals surface area contributed by atoms with Crippen LogP contribution in [-0.4, -0.2) is 24.6 Å². The van der Waals surface area contributed by atoms with Crippen molar-refractivity contribution in [2.45, 2.75) is 13.0 Å². The van der Waals surface area contributed by atoms with Crippen molar-refractivity contribution in [3.63, 3.8) is 0 Å². The van der Waals surface area contributed by atoms with Gasteiger partial charge in [-0.05, 0) is 0 Å². The molecule has 2 aromatic rings. The summed E-state index contributed by atoms with van der Waals surface area (Å²) in [4.78, 5) is 38.9. The fraction of sp³-hybridized carbons (Fsp3) is 0.400. The second-order valence-electron chi connectivity index (χ2n) is 4.13. The number of amides is 1. The number of carbonyl (C=O) groups is 1. The Labute approximate surface area is 107 Å². The van der Waals surface area contributed by atoms with Crippen LogP contribution in [0.3, 0.4) is 0 Å². The van der Waals surface area contributed by atoms with Crippen LogP contribution >= 0.6 is 0 Å². The molecule has 0 radical (unpaired) electrons. The van der Waals surface area contributed by atoms with Crippen LogP contribution in [0.25, 0.3) is 11.2 Å². The Hall–Kier alpha value is -2.42. The number of rotatable bonds is 3. The molecule has 0 bridgehead atoms. The lowest BCUT2D eigenvalue weighted by Gasteiger charge is -2.06. The first-order valence-corrected chi connectivity index (χ1v) is 5.57. The minimum Gasteiger partial charge on any atom is -0.324 e. The normalized spacial score (nSPS) is 10.9. The van der Waals surface area contributed by atoms with Crippen LogP contribution in [-0.2, 0) is 25.4 Å². The zero-order valence-electron chi connectivity index (χ0n) is 10.6. The lowest BCUT2D eigenvalue weighted by molar-refractivity contribution is -0.121. The number of aromatic nitrogens is 4. The monoisotopic (exact) mass is 266 g/mol. The highest BCUT2D eigenvalue weighted by Crippen LogP contribution is 2.05. The Bertz CT molecular complexity index is 753. The van der Waals surface area contributed by atoms with Crippen molar-refractivity contribution in [1.82, 2.24) is 24.1 Å². The molecule has 0 saturated heterocycles. The summed E-state index contributed by atoms with van der Waals surface area (Å²) >= 11 is 0. The van der Waals surface area contributed by atoms with Gasteiger partial charge in [-0.25, -0.2) is 15.6 Å². The predicted molar refractivity (Wildman–Crippen MR) is 67.2 cm³/mol. The van der Waals surface area contributed by atoms with E-state index in [9.17, 15) is 14.4 Å². The standard InChI is InChI=1S/C10H14N6O3/c1-14-8-7(9(18)15(2)10(14)19)16(5-12-8)4-3-6(17)13-11/h5H,3-4,11H2,1-2H3,(H,13,17). The third-order valence-corrected chi connectivity index (χ3v) is 2.96. The summed E-state index contributed by atoms with van der Waals surface area (Å²) in [6.45, 7) is 0.257. The molecule has 102 valence electrons. The highest BCUT2D eigenvalue weighted by molar-refractivity contribution is 5.75. The third kappa shape index (κ3) is 2.03. The molecule has 9 heteroatoms. The van der Waals surface area contributed by atoms with Gasteiger partial charge in [-0.1, -0.05) is 0 Å². The molecular weight excluding hydrogens is 252 g/mol. The molecule has 0 aliphatic heterocycles. The van der Waals surface area contributed by atoms with Crippen LogP contribution in [0.1, 0.15) is 6.42 Å². The van der Waals surface area contributed by atoms with Crippen LogP contribution in [0.4, 0.5) is 0 Å². The first-order valence-electron chi connectivity index (χ1n) is 5.57. The van der Waals surface area contributed by atoms with Crippen LogP contribution in [0.5, 0.6) is 0 Å². The van der Waals surface area contributed by atoms with E-state index in [-0.39, 0.29) is 24.4 Å². The van der Waals surface area contributed by atoms with Gasteiger partial charge in [0, 0.05) is 27.1 Å². The van der Waals surface area contributed by atoms with E-state index in [2.05, 4.69) is 4.98 Å². The summed E-state index contributed by atoms with van der Waals surface area (Å²) in [7, 11) is 2.93. The fourth-order valence-electron chi connectivity index (χ4n) is 1.86. The number of aryl methyl sites for hydroxylation is 2. The van der Waals surface area contributed by atoms with Crippen LogP contribution < -0.4 is 22.5 Å². The van der Waals surface area contributed by atoms with Crippen LogP contribution in [0, 0.1) is 0 Å². The van der Waals surface area contributed by atoms with Gasteiger partial charge in [-0.3, -0.25) is 24.1 Å². The minimum atomic E-state index is -0.442. The Morgan fingerprint density at radius 3 is 2.68 bits per heavy atom. The van der Waals surface area contributed by atoms with Gasteiger partial charge in [0.2, 0.25) is 5.91 Å². The van der Waals surface area contributed by atoms with Crippen molar-refractivity contribution in [3.05, 3.63) is 27.2 Å². The van der Waals surface area contributed by atoms with E-state index in [0.29, 0.717) is 5.65 Å². The minimum absolute atomic E-state index is 0.119. The molecule has 2 heterocycles. The Kier molecular flexibility index (Phi) is 3.21. The molecular formula is C10H14N6O3. The summed E-state index contributed by atoms with van der Waals surface area (Å²) in [5.41, 5.74) is 1.71. The van der Waals surface area contributed by atoms with Gasteiger partial charge >= 0.3 is 5.69 Å². The van der Waals surface area contributed by atoms with Gasteiger partial charge in [0.1, 0.15) is 0 Å². The number of carbonyl (C=O) groups excluding carboxylic acids is 1. The van der Waals surface area contributed by atoms with E-state index in [1.54, 1.807) is 0 Å². The Morgan fingerprint density at radius 2 is 2.05 bits per heavy atom. The average molecular weight is 266 g/mol. The smallest absolute Gasteiger partial charge is 0.324 e. The number of imidazole rings is 1. The Balaban J connectivity index is 2.57. The van der Waals surface area contributed by atoms with Gasteiger partial charge < -0.3 is 4.57 Å². The molecule has 0 atom stereocenters. The maximum atomic E-state index is 12.1. The molecule has 1 amide bonds. The Morgan fingerprint density at radius 1 is 1.37 bits per heavy atom. The van der Waals surface area contributed by atoms with Crippen molar-refractivity contribution in [1.29, 1.82) is 0 Å². The molecule has 2 aromatic heterocycles. The number of nitrogens with one attached hydrogen (secondary N) is 1. The van der Waals surface area contributed by atoms with Crippen molar-refractivity contribution >= 4 is 17.1 Å². The SMILES string of the molecule is Cn1c(=O)c2c(ncn2CCC(=O)NN)n(C)c1=O. The first-order chi connectivity index (χ1) is 8.97. The topological polar surface area (TPSA) is 117 Å². The molecule has 9 nitrogen and oxygen atoms in total. The van der Waals surface area contributed by atoms with Crippen LogP contribution in [0.2, 0.25) is 0 Å². The summed E-state index contributed by atoms with van der Waals surface area (Å²) in [6, 6.07) is 0. The second kappa shape index (κ2) is 4.69. The molecule has 0 spiro atoms. The van der Waals surface area contributed by atoms with E-state index in [1.807, 2.05) is 5.43 Å². The van der Waals surface area contributed by atoms with Crippen molar-refractivity contribution in [2.75, 3.05) is 0 Å². The molecule has 0 unspecified atom stereocenters. The molecule has 19 heavy (non-hydrogen) atoms. The highest BCUT2D eigenvalue weighted by atomic mass is 16.2. The van der Waals surface area contributed by atoms with Gasteiger partial charge in [-0.15, -0.1) is 0 Å². The molecule has 0 aromatic carbocycles. The number of hydrazine groups is 1. The maximum absolute atomic E-state index is 12.1. The van der Waals surface area contributed by atoms with Crippen LogP contribution in [0.15, 0.2) is 15.9 Å². The molecule has 0 aliphatic carbocycles. The lowest BCUT2D eigenvalue weighted by atomic mass is 10.4. The molecule has 0 saturated carbocycles. The van der Waals surface area contributed by atoms with Gasteiger partial charge in [0.05, 0.1) is 6.33 Å². The zero-order valence-corrected chi connectivity index (χ0v) is 10.6. The lowest BCUT2D eigenvalue weighted by Crippen LogP contribution is -2.37. The third-order valence-electron chi connectivity index (χ3n) is 2.96. The molecule has 0 fully saturated rings. The van der Waals surface area contributed by atoms with Gasteiger partial charge in [0.25, 0.3) is 5.56 Å². The predicted octanol–water partition coefficient (Wildman–Crippen LogP) is -2.19. The van der Waals surface area contributed by atoms with Crippen molar-refractivity contribution in [3.8, 4) is 0 Å². The van der Waals surface area contributed by atoms with Gasteiger partial charge in [0.15, 0.2) is 11.2 Å². The van der Waals surface area contributed by atoms with Crippen molar-refractivity contribution in [2.24, 2.45) is 19.9 Å². The van der Waals surface area contributed by atoms with E-state index >= 15 is 0 Å². The quantitative estimate of drug-likeness (QED) is 0.372. The van der Waals surface area contributed by atoms with Crippen molar-refractivity contribution < 1.29 is 4.79 Å². The number of nitrogens with two attached hydrogens (primary N) is 1. The summed E-state index contributed by atoms with van der Waals surface area (Å²) in [5.74, 6) is 4.64. The largest absolute Gasteiger partial charge is 0.332 e. The first kappa shape index (κ1) is 13.0. The fourth-order valence-corrected chi connectivity index (χ4v) is 1.86. The maximum Gasteiger partial charge on any atom is 0.332 e. The molecule has 3 N–H and O–H groups in total. The number of fused-ring (bicyclic) bond motifs is 1. The number of nitrogens with zero attached hydrogens (tertiary/aromatic N) is 4. The summed E-state index contributed by atoms with van der Waals surface area (Å²) in [5, 5.41) is 0. The van der Waals surface area contributed by atoms with E-state index < -0.39 is 11.2 Å². The van der Waals surface area contributed by atoms with E-state index in [1.165, 1.54) is 29.6 Å². The number of hydrogen-bond donors (Lipinski definition) is 2. The van der Waals surface area contributed by atoms with E-state index in [0.717, 1.165) is 4.57 Å². The zero-order chi connectivity index (χ0) is 14.2. The summed E-state index contributed by atoms with van der Waals surface area (Å²) in [6.07, 6.45) is 1.54. The molecule has 0 aliphatic rings. The van der Waals surface area contributed by atoms with E-state index in [4.69, 9.17) is 5.84 Å².